The molecule has 0 aromatic rings. The molecule has 56 valence electrons. The van der Waals surface area contributed by atoms with Crippen LogP contribution in [0.15, 0.2) is 0 Å². The second-order valence-corrected chi connectivity index (χ2v) is 2.64. The molecular weight excluding hydrogens is 126 g/mol. The van der Waals surface area contributed by atoms with Crippen LogP contribution in [0.2, 0.25) is 0 Å². The zero-order chi connectivity index (χ0) is 7.40. The highest BCUT2D eigenvalue weighted by Gasteiger charge is 2.18. The lowest BCUT2D eigenvalue weighted by atomic mass is 9.93. The van der Waals surface area contributed by atoms with Gasteiger partial charge in [0.1, 0.15) is 0 Å². The van der Waals surface area contributed by atoms with Gasteiger partial charge in [-0.3, -0.25) is 0 Å². The summed E-state index contributed by atoms with van der Waals surface area (Å²) in [5, 5.41) is 0. The fourth-order valence-corrected chi connectivity index (χ4v) is 1.21. The van der Waals surface area contributed by atoms with E-state index in [1.54, 1.807) is 0 Å². The molecule has 10 heavy (non-hydrogen) atoms. The molecule has 2 heteroatoms. The molecule has 0 aromatic carbocycles. The lowest BCUT2D eigenvalue weighted by Crippen LogP contribution is -2.32. The van der Waals surface area contributed by atoms with Gasteiger partial charge in [-0.25, -0.2) is 0 Å². The Morgan fingerprint density at radius 1 is 1.50 bits per heavy atom. The maximum absolute atomic E-state index is 5.66. The fraction of sp³-hybridized carbons (Fsp3) is 0.750. The van der Waals surface area contributed by atoms with Gasteiger partial charge >= 0.3 is 0 Å². The molecule has 1 saturated heterocycles. The van der Waals surface area contributed by atoms with Crippen LogP contribution < -0.4 is 5.73 Å². The second-order valence-electron chi connectivity index (χ2n) is 2.64. The Labute approximate surface area is 61.7 Å². The number of terminal acetylenes is 1. The number of nitrogens with two attached hydrogens (primary N) is 1. The van der Waals surface area contributed by atoms with Crippen molar-refractivity contribution in [3.8, 4) is 12.3 Å². The summed E-state index contributed by atoms with van der Waals surface area (Å²) in [6.07, 6.45) is 7.23. The maximum Gasteiger partial charge on any atom is 0.0692 e. The lowest BCUT2D eigenvalue weighted by molar-refractivity contribution is 0.0636. The van der Waals surface area contributed by atoms with Gasteiger partial charge in [-0.05, 0) is 18.8 Å². The molecule has 1 heterocycles. The molecule has 1 rings (SSSR count). The van der Waals surface area contributed by atoms with E-state index in [0.29, 0.717) is 5.92 Å². The normalized spacial score (nSPS) is 23.6. The topological polar surface area (TPSA) is 35.2 Å². The highest BCUT2D eigenvalue weighted by Crippen LogP contribution is 2.16. The predicted molar refractivity (Wildman–Crippen MR) is 40.4 cm³/mol. The second kappa shape index (κ2) is 3.60. The molecular formula is C8H13NO. The summed E-state index contributed by atoms with van der Waals surface area (Å²) < 4.78 is 5.17. The van der Waals surface area contributed by atoms with Crippen LogP contribution in [0.1, 0.15) is 12.8 Å². The number of hydrogen-bond acceptors (Lipinski definition) is 2. The van der Waals surface area contributed by atoms with Crippen molar-refractivity contribution in [1.29, 1.82) is 0 Å². The minimum Gasteiger partial charge on any atom is -0.381 e. The standard InChI is InChI=1S/C8H13NO/c1-2-8(9)7-3-5-10-6-4-7/h1,7-8H,3-6,9H2/t8-/m1/s1. The van der Waals surface area contributed by atoms with Crippen molar-refractivity contribution in [2.75, 3.05) is 13.2 Å². The van der Waals surface area contributed by atoms with E-state index in [-0.39, 0.29) is 6.04 Å². The van der Waals surface area contributed by atoms with Crippen molar-refractivity contribution in [2.45, 2.75) is 18.9 Å². The average molecular weight is 139 g/mol. The van der Waals surface area contributed by atoms with Gasteiger partial charge in [0.25, 0.3) is 0 Å². The van der Waals surface area contributed by atoms with E-state index >= 15 is 0 Å². The molecule has 1 atom stereocenters. The SMILES string of the molecule is C#C[C@@H](N)C1CCOCC1. The molecule has 1 aliphatic rings. The first-order valence-corrected chi connectivity index (χ1v) is 3.64. The molecule has 0 aromatic heterocycles. The van der Waals surface area contributed by atoms with E-state index < -0.39 is 0 Å². The smallest absolute Gasteiger partial charge is 0.0692 e. The predicted octanol–water partition coefficient (Wildman–Crippen LogP) is 0.373. The molecule has 2 N–H and O–H groups in total. The highest BCUT2D eigenvalue weighted by molar-refractivity contribution is 5.00. The zero-order valence-corrected chi connectivity index (χ0v) is 6.05. The summed E-state index contributed by atoms with van der Waals surface area (Å²) >= 11 is 0. The van der Waals surface area contributed by atoms with Gasteiger partial charge in [0, 0.05) is 13.2 Å². The highest BCUT2D eigenvalue weighted by atomic mass is 16.5. The Balaban J connectivity index is 2.33. The number of rotatable bonds is 1. The summed E-state index contributed by atoms with van der Waals surface area (Å²) in [6, 6.07) is -0.0658. The van der Waals surface area contributed by atoms with Crippen LogP contribution in [0.5, 0.6) is 0 Å². The third kappa shape index (κ3) is 1.73. The van der Waals surface area contributed by atoms with Crippen LogP contribution in [-0.4, -0.2) is 19.3 Å². The first-order chi connectivity index (χ1) is 4.84. The van der Waals surface area contributed by atoms with E-state index in [1.165, 1.54) is 0 Å². The van der Waals surface area contributed by atoms with Gasteiger partial charge in [-0.1, -0.05) is 5.92 Å². The Hall–Kier alpha value is -0.520. The van der Waals surface area contributed by atoms with Crippen LogP contribution in [0.4, 0.5) is 0 Å². The largest absolute Gasteiger partial charge is 0.381 e. The van der Waals surface area contributed by atoms with Gasteiger partial charge < -0.3 is 10.5 Å². The number of ether oxygens (including phenoxy) is 1. The van der Waals surface area contributed by atoms with Crippen molar-refractivity contribution in [3.05, 3.63) is 0 Å². The molecule has 0 radical (unpaired) electrons. The van der Waals surface area contributed by atoms with Gasteiger partial charge in [0.15, 0.2) is 0 Å². The monoisotopic (exact) mass is 139 g/mol. The summed E-state index contributed by atoms with van der Waals surface area (Å²) in [4.78, 5) is 0. The first kappa shape index (κ1) is 7.59. The minimum atomic E-state index is -0.0658. The van der Waals surface area contributed by atoms with Crippen LogP contribution in [0.3, 0.4) is 0 Å². The van der Waals surface area contributed by atoms with E-state index in [0.717, 1.165) is 26.1 Å². The van der Waals surface area contributed by atoms with Crippen molar-refractivity contribution < 1.29 is 4.74 Å². The van der Waals surface area contributed by atoms with Crippen LogP contribution >= 0.6 is 0 Å². The van der Waals surface area contributed by atoms with E-state index in [9.17, 15) is 0 Å². The first-order valence-electron chi connectivity index (χ1n) is 3.64. The molecule has 0 spiro atoms. The van der Waals surface area contributed by atoms with E-state index in [1.807, 2.05) is 0 Å². The van der Waals surface area contributed by atoms with Gasteiger partial charge in [0.05, 0.1) is 6.04 Å². The van der Waals surface area contributed by atoms with Gasteiger partial charge in [0.2, 0.25) is 0 Å². The van der Waals surface area contributed by atoms with Crippen molar-refractivity contribution in [3.63, 3.8) is 0 Å². The van der Waals surface area contributed by atoms with E-state index in [4.69, 9.17) is 16.9 Å². The third-order valence-electron chi connectivity index (χ3n) is 1.97. The maximum atomic E-state index is 5.66. The molecule has 0 unspecified atom stereocenters. The Bertz CT molecular complexity index is 133. The Kier molecular flexibility index (Phi) is 2.73. The third-order valence-corrected chi connectivity index (χ3v) is 1.97. The summed E-state index contributed by atoms with van der Waals surface area (Å²) in [5.74, 6) is 3.04. The molecule has 2 nitrogen and oxygen atoms in total. The summed E-state index contributed by atoms with van der Waals surface area (Å²) in [5.41, 5.74) is 5.66. The number of hydrogen-bond donors (Lipinski definition) is 1. The fourth-order valence-electron chi connectivity index (χ4n) is 1.21. The molecule has 1 fully saturated rings. The molecule has 0 aliphatic carbocycles. The zero-order valence-electron chi connectivity index (χ0n) is 6.05. The van der Waals surface area contributed by atoms with E-state index in [2.05, 4.69) is 5.92 Å². The quantitative estimate of drug-likeness (QED) is 0.533. The van der Waals surface area contributed by atoms with Crippen LogP contribution in [-0.2, 0) is 4.74 Å². The molecule has 0 saturated carbocycles. The average Bonchev–Trinajstić information content (AvgIpc) is 2.05. The van der Waals surface area contributed by atoms with Crippen molar-refractivity contribution >= 4 is 0 Å². The van der Waals surface area contributed by atoms with Gasteiger partial charge in [-0.2, -0.15) is 0 Å². The van der Waals surface area contributed by atoms with Crippen LogP contribution in [0.25, 0.3) is 0 Å². The van der Waals surface area contributed by atoms with Crippen molar-refractivity contribution in [2.24, 2.45) is 11.7 Å². The molecule has 0 bridgehead atoms. The van der Waals surface area contributed by atoms with Crippen LogP contribution in [0, 0.1) is 18.3 Å². The van der Waals surface area contributed by atoms with Crippen molar-refractivity contribution in [1.82, 2.24) is 0 Å². The Morgan fingerprint density at radius 3 is 2.60 bits per heavy atom. The summed E-state index contributed by atoms with van der Waals surface area (Å²) in [6.45, 7) is 1.64. The summed E-state index contributed by atoms with van der Waals surface area (Å²) in [7, 11) is 0. The minimum absolute atomic E-state index is 0.0658. The molecule has 1 aliphatic heterocycles. The van der Waals surface area contributed by atoms with Gasteiger partial charge in [-0.15, -0.1) is 6.42 Å². The molecule has 0 amide bonds. The lowest BCUT2D eigenvalue weighted by Gasteiger charge is -2.24. The Morgan fingerprint density at radius 2 is 2.10 bits per heavy atom.